The molecule has 1 aromatic heterocycles. The highest BCUT2D eigenvalue weighted by molar-refractivity contribution is 6.33. The Bertz CT molecular complexity index is 626. The summed E-state index contributed by atoms with van der Waals surface area (Å²) in [5.74, 6) is -0.390. The van der Waals surface area contributed by atoms with Crippen molar-refractivity contribution in [2.24, 2.45) is 0 Å². The van der Waals surface area contributed by atoms with E-state index in [9.17, 15) is 8.78 Å². The minimum Gasteiger partial charge on any atom is -0.373 e. The summed E-state index contributed by atoms with van der Waals surface area (Å²) in [7, 11) is 1.75. The standard InChI is InChI=1S/C14H15ClF2N4/c1-3-4-9-13(18-2)19-7-20-14(9)21-12-10(15)5-8(16)6-11(12)17/h5-7H,3-4H2,1-2H3,(H2,18,19,20,21). The van der Waals surface area contributed by atoms with Gasteiger partial charge in [-0.15, -0.1) is 0 Å². The Morgan fingerprint density at radius 1 is 1.19 bits per heavy atom. The maximum absolute atomic E-state index is 13.9. The topological polar surface area (TPSA) is 49.8 Å². The molecular weight excluding hydrogens is 298 g/mol. The number of hydrogen-bond donors (Lipinski definition) is 2. The van der Waals surface area contributed by atoms with Crippen LogP contribution >= 0.6 is 11.6 Å². The monoisotopic (exact) mass is 312 g/mol. The molecule has 4 nitrogen and oxygen atoms in total. The Kier molecular flexibility index (Phi) is 4.90. The lowest BCUT2D eigenvalue weighted by molar-refractivity contribution is 0.586. The normalized spacial score (nSPS) is 10.5. The van der Waals surface area contributed by atoms with Gasteiger partial charge in [0.15, 0.2) is 5.82 Å². The zero-order valence-electron chi connectivity index (χ0n) is 11.7. The number of hydrogen-bond acceptors (Lipinski definition) is 4. The van der Waals surface area contributed by atoms with Gasteiger partial charge in [-0.2, -0.15) is 0 Å². The van der Waals surface area contributed by atoms with Crippen molar-refractivity contribution in [2.75, 3.05) is 17.7 Å². The van der Waals surface area contributed by atoms with Crippen LogP contribution in [0, 0.1) is 11.6 Å². The van der Waals surface area contributed by atoms with E-state index in [0.717, 1.165) is 24.1 Å². The van der Waals surface area contributed by atoms with Crippen LogP contribution < -0.4 is 10.6 Å². The van der Waals surface area contributed by atoms with Crippen molar-refractivity contribution in [1.82, 2.24) is 9.97 Å². The van der Waals surface area contributed by atoms with Crippen LogP contribution in [0.3, 0.4) is 0 Å². The summed E-state index contributed by atoms with van der Waals surface area (Å²) in [6, 6.07) is 1.82. The molecule has 112 valence electrons. The molecule has 21 heavy (non-hydrogen) atoms. The molecule has 7 heteroatoms. The van der Waals surface area contributed by atoms with Gasteiger partial charge >= 0.3 is 0 Å². The fourth-order valence-electron chi connectivity index (χ4n) is 2.00. The van der Waals surface area contributed by atoms with Gasteiger partial charge in [0, 0.05) is 18.7 Å². The Balaban J connectivity index is 2.44. The molecule has 1 aromatic carbocycles. The van der Waals surface area contributed by atoms with Crippen molar-refractivity contribution in [3.8, 4) is 0 Å². The number of anilines is 3. The molecule has 0 radical (unpaired) electrons. The van der Waals surface area contributed by atoms with Gasteiger partial charge in [-0.3, -0.25) is 0 Å². The molecule has 1 heterocycles. The van der Waals surface area contributed by atoms with E-state index < -0.39 is 11.6 Å². The molecule has 0 aliphatic heterocycles. The van der Waals surface area contributed by atoms with Crippen molar-refractivity contribution in [2.45, 2.75) is 19.8 Å². The minimum absolute atomic E-state index is 0.00354. The predicted octanol–water partition coefficient (Wildman–Crippen LogP) is 4.15. The van der Waals surface area contributed by atoms with E-state index in [1.165, 1.54) is 6.33 Å². The molecule has 0 bridgehead atoms. The second-order valence-corrected chi connectivity index (χ2v) is 4.83. The van der Waals surface area contributed by atoms with E-state index in [4.69, 9.17) is 11.6 Å². The molecule has 0 fully saturated rings. The minimum atomic E-state index is -0.771. The molecule has 2 aromatic rings. The van der Waals surface area contributed by atoms with Crippen LogP contribution in [0.5, 0.6) is 0 Å². The van der Waals surface area contributed by atoms with Gasteiger partial charge in [0.05, 0.1) is 10.7 Å². The molecule has 0 aliphatic rings. The van der Waals surface area contributed by atoms with E-state index in [1.807, 2.05) is 6.92 Å². The lowest BCUT2D eigenvalue weighted by Gasteiger charge is -2.15. The molecule has 0 atom stereocenters. The Morgan fingerprint density at radius 3 is 2.52 bits per heavy atom. The Labute approximate surface area is 126 Å². The fourth-order valence-corrected chi connectivity index (χ4v) is 2.24. The van der Waals surface area contributed by atoms with Gasteiger partial charge in [0.25, 0.3) is 0 Å². The molecule has 0 amide bonds. The first-order valence-electron chi connectivity index (χ1n) is 6.50. The second-order valence-electron chi connectivity index (χ2n) is 4.42. The quantitative estimate of drug-likeness (QED) is 0.871. The summed E-state index contributed by atoms with van der Waals surface area (Å²) >= 11 is 5.89. The number of nitrogens with one attached hydrogen (secondary N) is 2. The number of aromatic nitrogens is 2. The molecule has 0 saturated heterocycles. The van der Waals surface area contributed by atoms with Gasteiger partial charge in [-0.1, -0.05) is 24.9 Å². The maximum Gasteiger partial charge on any atom is 0.151 e. The lowest BCUT2D eigenvalue weighted by Crippen LogP contribution is -2.06. The first-order chi connectivity index (χ1) is 10.1. The maximum atomic E-state index is 13.9. The highest BCUT2D eigenvalue weighted by Gasteiger charge is 2.15. The van der Waals surface area contributed by atoms with Crippen LogP contribution in [0.25, 0.3) is 0 Å². The van der Waals surface area contributed by atoms with Gasteiger partial charge < -0.3 is 10.6 Å². The van der Waals surface area contributed by atoms with Crippen LogP contribution in [-0.4, -0.2) is 17.0 Å². The summed E-state index contributed by atoms with van der Waals surface area (Å²) in [4.78, 5) is 8.25. The molecule has 0 saturated carbocycles. The third-order valence-corrected chi connectivity index (χ3v) is 3.23. The van der Waals surface area contributed by atoms with Crippen molar-refractivity contribution in [1.29, 1.82) is 0 Å². The van der Waals surface area contributed by atoms with Crippen LogP contribution in [0.4, 0.5) is 26.1 Å². The van der Waals surface area contributed by atoms with Crippen molar-refractivity contribution >= 4 is 28.9 Å². The van der Waals surface area contributed by atoms with Crippen molar-refractivity contribution in [3.05, 3.63) is 40.7 Å². The zero-order chi connectivity index (χ0) is 15.4. The van der Waals surface area contributed by atoms with Gasteiger partial charge in [-0.05, 0) is 12.5 Å². The third-order valence-electron chi connectivity index (χ3n) is 2.93. The fraction of sp³-hybridized carbons (Fsp3) is 0.286. The molecule has 2 rings (SSSR count). The predicted molar refractivity (Wildman–Crippen MR) is 80.2 cm³/mol. The zero-order valence-corrected chi connectivity index (χ0v) is 12.4. The van der Waals surface area contributed by atoms with Crippen LogP contribution in [-0.2, 0) is 6.42 Å². The van der Waals surface area contributed by atoms with Crippen molar-refractivity contribution in [3.63, 3.8) is 0 Å². The van der Waals surface area contributed by atoms with E-state index in [-0.39, 0.29) is 10.7 Å². The highest BCUT2D eigenvalue weighted by atomic mass is 35.5. The van der Waals surface area contributed by atoms with Crippen LogP contribution in [0.2, 0.25) is 5.02 Å². The number of halogens is 3. The third kappa shape index (κ3) is 3.39. The van der Waals surface area contributed by atoms with E-state index in [2.05, 4.69) is 20.6 Å². The molecule has 0 unspecified atom stereocenters. The second kappa shape index (κ2) is 6.67. The number of nitrogens with zero attached hydrogens (tertiary/aromatic N) is 2. The first-order valence-corrected chi connectivity index (χ1v) is 6.87. The number of rotatable bonds is 5. The van der Waals surface area contributed by atoms with Crippen LogP contribution in [0.15, 0.2) is 18.5 Å². The molecule has 0 spiro atoms. The van der Waals surface area contributed by atoms with Gasteiger partial charge in [-0.25, -0.2) is 18.7 Å². The average molecular weight is 313 g/mol. The van der Waals surface area contributed by atoms with Crippen molar-refractivity contribution < 1.29 is 8.78 Å². The smallest absolute Gasteiger partial charge is 0.151 e. The van der Waals surface area contributed by atoms with E-state index in [1.54, 1.807) is 7.05 Å². The summed E-state index contributed by atoms with van der Waals surface area (Å²) in [6.45, 7) is 2.02. The van der Waals surface area contributed by atoms with Gasteiger partial charge in [0.2, 0.25) is 0 Å². The van der Waals surface area contributed by atoms with E-state index in [0.29, 0.717) is 18.1 Å². The number of benzene rings is 1. The van der Waals surface area contributed by atoms with E-state index >= 15 is 0 Å². The molecule has 2 N–H and O–H groups in total. The van der Waals surface area contributed by atoms with Gasteiger partial charge in [0.1, 0.15) is 23.8 Å². The van der Waals surface area contributed by atoms with Crippen LogP contribution in [0.1, 0.15) is 18.9 Å². The highest BCUT2D eigenvalue weighted by Crippen LogP contribution is 2.31. The largest absolute Gasteiger partial charge is 0.373 e. The first kappa shape index (κ1) is 15.4. The summed E-state index contributed by atoms with van der Waals surface area (Å²) in [5, 5.41) is 5.76. The molecule has 0 aliphatic carbocycles. The average Bonchev–Trinajstić information content (AvgIpc) is 2.44. The summed E-state index contributed by atoms with van der Waals surface area (Å²) < 4.78 is 26.9. The summed E-state index contributed by atoms with van der Waals surface area (Å²) in [6.07, 6.45) is 2.94. The SMILES string of the molecule is CCCc1c(NC)ncnc1Nc1c(F)cc(F)cc1Cl. The Hall–Kier alpha value is -1.95. The summed E-state index contributed by atoms with van der Waals surface area (Å²) in [5.41, 5.74) is 0.818. The lowest BCUT2D eigenvalue weighted by atomic mass is 10.1. The molecular formula is C14H15ClF2N4. The Morgan fingerprint density at radius 2 is 1.90 bits per heavy atom.